The Hall–Kier alpha value is -3.26. The van der Waals surface area contributed by atoms with Gasteiger partial charge >= 0.3 is 5.97 Å². The zero-order valence-corrected chi connectivity index (χ0v) is 18.0. The van der Waals surface area contributed by atoms with Crippen molar-refractivity contribution in [1.82, 2.24) is 16.0 Å². The van der Waals surface area contributed by atoms with Crippen molar-refractivity contribution in [1.29, 1.82) is 0 Å². The van der Waals surface area contributed by atoms with E-state index in [1.165, 1.54) is 0 Å². The number of rotatable bonds is 15. The third kappa shape index (κ3) is 11.2. The lowest BCUT2D eigenvalue weighted by atomic mass is 10.0. The predicted octanol–water partition coefficient (Wildman–Crippen LogP) is -3.97. The van der Waals surface area contributed by atoms with E-state index in [9.17, 15) is 33.9 Å². The van der Waals surface area contributed by atoms with Gasteiger partial charge in [0.05, 0.1) is 19.1 Å². The number of carbonyl (C=O) groups is 6. The van der Waals surface area contributed by atoms with Gasteiger partial charge in [-0.3, -0.25) is 24.0 Å². The molecule has 0 aliphatic carbocycles. The predicted molar refractivity (Wildman–Crippen MR) is 110 cm³/mol. The van der Waals surface area contributed by atoms with Crippen molar-refractivity contribution in [2.24, 2.45) is 23.1 Å². The second kappa shape index (κ2) is 13.9. The van der Waals surface area contributed by atoms with Crippen LogP contribution >= 0.6 is 0 Å². The first-order chi connectivity index (χ1) is 14.8. The maximum absolute atomic E-state index is 12.5. The molecule has 0 aliphatic rings. The number of carboxylic acid groups (broad SMARTS) is 1. The van der Waals surface area contributed by atoms with Gasteiger partial charge in [-0.25, -0.2) is 4.79 Å². The van der Waals surface area contributed by atoms with Crippen molar-refractivity contribution in [2.45, 2.75) is 63.7 Å². The molecule has 4 atom stereocenters. The highest BCUT2D eigenvalue weighted by molar-refractivity contribution is 5.96. The molecule has 0 aromatic rings. The molecule has 0 bridgehead atoms. The zero-order valence-electron chi connectivity index (χ0n) is 18.0. The molecule has 0 radical (unpaired) electrons. The monoisotopic (exact) mass is 460 g/mol. The summed E-state index contributed by atoms with van der Waals surface area (Å²) in [6.45, 7) is 2.74. The van der Waals surface area contributed by atoms with Crippen LogP contribution in [-0.2, 0) is 28.8 Å². The van der Waals surface area contributed by atoms with Gasteiger partial charge in [0.1, 0.15) is 18.1 Å². The molecule has 14 nitrogen and oxygen atoms in total. The number of aliphatic hydroxyl groups is 1. The Morgan fingerprint density at radius 2 is 1.31 bits per heavy atom. The summed E-state index contributed by atoms with van der Waals surface area (Å²) in [5, 5.41) is 25.1. The molecule has 5 amide bonds. The SMILES string of the molecule is CC(C)CC(N)C(=O)NC(CC(N)=O)C(=O)NC(CO)C(=O)NC(CCC(N)=O)C(=O)O. The summed E-state index contributed by atoms with van der Waals surface area (Å²) in [4.78, 5) is 70.4. The smallest absolute Gasteiger partial charge is 0.326 e. The molecule has 0 saturated heterocycles. The number of aliphatic hydroxyl groups excluding tert-OH is 1. The van der Waals surface area contributed by atoms with Crippen LogP contribution in [0.15, 0.2) is 0 Å². The van der Waals surface area contributed by atoms with Crippen molar-refractivity contribution in [3.8, 4) is 0 Å². The van der Waals surface area contributed by atoms with E-state index in [0.29, 0.717) is 6.42 Å². The van der Waals surface area contributed by atoms with E-state index in [1.54, 1.807) is 0 Å². The highest BCUT2D eigenvalue weighted by Gasteiger charge is 2.31. The molecule has 14 heteroatoms. The Kier molecular flexibility index (Phi) is 12.5. The number of aliphatic carboxylic acids is 1. The largest absolute Gasteiger partial charge is 0.480 e. The summed E-state index contributed by atoms with van der Waals surface area (Å²) < 4.78 is 0. The lowest BCUT2D eigenvalue weighted by molar-refractivity contribution is -0.143. The summed E-state index contributed by atoms with van der Waals surface area (Å²) in [6.07, 6.45) is -0.935. The Morgan fingerprint density at radius 1 is 0.812 bits per heavy atom. The Labute approximate surface area is 184 Å². The van der Waals surface area contributed by atoms with Gasteiger partial charge in [0, 0.05) is 6.42 Å². The van der Waals surface area contributed by atoms with Crippen LogP contribution in [0, 0.1) is 5.92 Å². The van der Waals surface area contributed by atoms with E-state index < -0.39 is 72.7 Å². The van der Waals surface area contributed by atoms with Gasteiger partial charge in [-0.1, -0.05) is 13.8 Å². The minimum absolute atomic E-state index is 0.0818. The van der Waals surface area contributed by atoms with Crippen LogP contribution in [0.1, 0.15) is 39.5 Å². The summed E-state index contributed by atoms with van der Waals surface area (Å²) >= 11 is 0. The van der Waals surface area contributed by atoms with Crippen LogP contribution in [0.5, 0.6) is 0 Å². The molecule has 0 aliphatic heterocycles. The van der Waals surface area contributed by atoms with E-state index in [4.69, 9.17) is 22.3 Å². The van der Waals surface area contributed by atoms with Crippen molar-refractivity contribution in [3.63, 3.8) is 0 Å². The van der Waals surface area contributed by atoms with Crippen LogP contribution < -0.4 is 33.2 Å². The summed E-state index contributed by atoms with van der Waals surface area (Å²) in [5.74, 6) is -5.89. The fraction of sp³-hybridized carbons (Fsp3) is 0.667. The Morgan fingerprint density at radius 3 is 1.75 bits per heavy atom. The number of carbonyl (C=O) groups excluding carboxylic acids is 5. The highest BCUT2D eigenvalue weighted by atomic mass is 16.4. The molecule has 0 aromatic heterocycles. The number of carboxylic acids is 1. The van der Waals surface area contributed by atoms with Gasteiger partial charge < -0.3 is 43.4 Å². The van der Waals surface area contributed by atoms with Gasteiger partial charge in [-0.15, -0.1) is 0 Å². The van der Waals surface area contributed by atoms with Gasteiger partial charge in [-0.2, -0.15) is 0 Å². The van der Waals surface area contributed by atoms with Gasteiger partial charge in [-0.05, 0) is 18.8 Å². The van der Waals surface area contributed by atoms with Crippen LogP contribution in [0.3, 0.4) is 0 Å². The second-order valence-electron chi connectivity index (χ2n) is 7.62. The van der Waals surface area contributed by atoms with Crippen molar-refractivity contribution < 1.29 is 39.0 Å². The maximum Gasteiger partial charge on any atom is 0.326 e. The van der Waals surface area contributed by atoms with Crippen LogP contribution in [-0.4, -0.2) is 76.5 Å². The molecule has 0 fully saturated rings. The average Bonchev–Trinajstić information content (AvgIpc) is 2.66. The van der Waals surface area contributed by atoms with Gasteiger partial charge in [0.25, 0.3) is 0 Å². The molecule has 182 valence electrons. The quantitative estimate of drug-likeness (QED) is 0.118. The van der Waals surface area contributed by atoms with Crippen LogP contribution in [0.25, 0.3) is 0 Å². The number of nitrogens with two attached hydrogens (primary N) is 3. The molecule has 11 N–H and O–H groups in total. The minimum atomic E-state index is -1.62. The Bertz CT molecular complexity index is 714. The molecule has 0 aromatic carbocycles. The molecular formula is C18H32N6O8. The lowest BCUT2D eigenvalue weighted by Gasteiger charge is -2.24. The number of amides is 5. The van der Waals surface area contributed by atoms with Crippen LogP contribution in [0.2, 0.25) is 0 Å². The van der Waals surface area contributed by atoms with E-state index in [0.717, 1.165) is 0 Å². The van der Waals surface area contributed by atoms with Gasteiger partial charge in [0.15, 0.2) is 0 Å². The first-order valence-corrected chi connectivity index (χ1v) is 9.85. The number of hydrogen-bond acceptors (Lipinski definition) is 8. The number of nitrogens with one attached hydrogen (secondary N) is 3. The van der Waals surface area contributed by atoms with Crippen molar-refractivity contribution in [3.05, 3.63) is 0 Å². The third-order valence-corrected chi connectivity index (χ3v) is 4.21. The molecule has 0 saturated carbocycles. The molecular weight excluding hydrogens is 428 g/mol. The summed E-state index contributed by atoms with van der Waals surface area (Å²) in [6, 6.07) is -5.56. The standard InChI is InChI=1S/C18H32N6O8/c1-8(2)5-9(19)15(28)23-11(6-14(21)27)16(29)24-12(7-25)17(30)22-10(18(31)32)3-4-13(20)26/h8-12,25H,3-7,19H2,1-2H3,(H2,20,26)(H2,21,27)(H,22,30)(H,23,28)(H,24,29)(H,31,32). The average molecular weight is 460 g/mol. The molecule has 0 rings (SSSR count). The van der Waals surface area contributed by atoms with E-state index >= 15 is 0 Å². The summed E-state index contributed by atoms with van der Waals surface area (Å²) in [5.41, 5.74) is 15.8. The fourth-order valence-corrected chi connectivity index (χ4v) is 2.59. The second-order valence-corrected chi connectivity index (χ2v) is 7.62. The highest BCUT2D eigenvalue weighted by Crippen LogP contribution is 2.04. The summed E-state index contributed by atoms with van der Waals surface area (Å²) in [7, 11) is 0. The topological polar surface area (TPSA) is 257 Å². The van der Waals surface area contributed by atoms with Crippen LogP contribution in [0.4, 0.5) is 0 Å². The molecule has 4 unspecified atom stereocenters. The van der Waals surface area contributed by atoms with E-state index in [-0.39, 0.29) is 18.8 Å². The fourth-order valence-electron chi connectivity index (χ4n) is 2.59. The van der Waals surface area contributed by atoms with Crippen molar-refractivity contribution >= 4 is 35.5 Å². The number of primary amides is 2. The van der Waals surface area contributed by atoms with Gasteiger partial charge in [0.2, 0.25) is 29.5 Å². The molecule has 0 heterocycles. The number of hydrogen-bond donors (Lipinski definition) is 8. The van der Waals surface area contributed by atoms with E-state index in [1.807, 2.05) is 13.8 Å². The lowest BCUT2D eigenvalue weighted by Crippen LogP contribution is -2.58. The first kappa shape index (κ1) is 28.7. The third-order valence-electron chi connectivity index (χ3n) is 4.21. The normalized spacial score (nSPS) is 14.5. The Balaban J connectivity index is 5.25. The van der Waals surface area contributed by atoms with Crippen molar-refractivity contribution in [2.75, 3.05) is 6.61 Å². The zero-order chi connectivity index (χ0) is 25.0. The first-order valence-electron chi connectivity index (χ1n) is 9.85. The minimum Gasteiger partial charge on any atom is -0.480 e. The molecule has 32 heavy (non-hydrogen) atoms. The maximum atomic E-state index is 12.5. The van der Waals surface area contributed by atoms with E-state index in [2.05, 4.69) is 16.0 Å². The molecule has 0 spiro atoms.